The molecule has 0 aromatic heterocycles. The van der Waals surface area contributed by atoms with Crippen LogP contribution >= 0.6 is 7.05 Å². The summed E-state index contributed by atoms with van der Waals surface area (Å²) in [6, 6.07) is 0. The summed E-state index contributed by atoms with van der Waals surface area (Å²) in [6.07, 6.45) is 28.6. The first-order valence-corrected chi connectivity index (χ1v) is 14.5. The van der Waals surface area contributed by atoms with E-state index < -0.39 is 7.05 Å². The Morgan fingerprint density at radius 3 is 1.57 bits per heavy atom. The molecule has 0 saturated heterocycles. The normalized spacial score (nSPS) is 13.7. The van der Waals surface area contributed by atoms with Gasteiger partial charge in [-0.25, -0.2) is 0 Å². The first kappa shape index (κ1) is 32.1. The summed E-state index contributed by atoms with van der Waals surface area (Å²) in [6.45, 7) is 15.7. The predicted octanol–water partition coefficient (Wildman–Crippen LogP) is 9.84. The molecule has 0 spiro atoms. The van der Waals surface area contributed by atoms with Crippen molar-refractivity contribution in [1.29, 1.82) is 0 Å². The van der Waals surface area contributed by atoms with E-state index in [0.717, 1.165) is 6.42 Å². The maximum atomic E-state index is 5.33. The van der Waals surface area contributed by atoms with Crippen molar-refractivity contribution >= 4 is 7.05 Å². The van der Waals surface area contributed by atoms with Gasteiger partial charge in [0.15, 0.2) is 0 Å². The van der Waals surface area contributed by atoms with Gasteiger partial charge >= 0.3 is 0 Å². The van der Waals surface area contributed by atoms with Gasteiger partial charge in [0.05, 0.1) is 0 Å². The second kappa shape index (κ2) is 20.8. The zero-order valence-corrected chi connectivity index (χ0v) is 23.6. The van der Waals surface area contributed by atoms with Gasteiger partial charge in [-0.15, -0.1) is 0 Å². The van der Waals surface area contributed by atoms with Crippen molar-refractivity contribution in [3.05, 3.63) is 48.2 Å². The SMILES string of the molecule is CC(C)C=CC=CC(C)C.CCCCP(CCCC)(CCCC)=NC1=CC=CC1.[Ti]. The second-order valence-corrected chi connectivity index (χ2v) is 12.7. The van der Waals surface area contributed by atoms with Crippen molar-refractivity contribution in [2.45, 2.75) is 93.4 Å². The molecule has 0 N–H and O–H groups in total. The molecule has 0 atom stereocenters. The van der Waals surface area contributed by atoms with E-state index in [1.165, 1.54) is 62.7 Å². The monoisotopic (exact) mass is 467 g/mol. The van der Waals surface area contributed by atoms with E-state index >= 15 is 0 Å². The Morgan fingerprint density at radius 2 is 1.27 bits per heavy atom. The summed E-state index contributed by atoms with van der Waals surface area (Å²) in [5.41, 5.74) is 1.36. The van der Waals surface area contributed by atoms with Gasteiger partial charge in [0.25, 0.3) is 0 Å². The Hall–Kier alpha value is -0.0957. The molecule has 1 nitrogen and oxygen atoms in total. The fourth-order valence-electron chi connectivity index (χ4n) is 3.20. The number of hydrogen-bond acceptors (Lipinski definition) is 1. The predicted molar refractivity (Wildman–Crippen MR) is 138 cm³/mol. The van der Waals surface area contributed by atoms with Crippen LogP contribution in [0.4, 0.5) is 0 Å². The van der Waals surface area contributed by atoms with Crippen molar-refractivity contribution in [2.75, 3.05) is 18.5 Å². The fraction of sp³-hybridized carbons (Fsp3) is 0.704. The maximum Gasteiger partial charge on any atom is 0.0425 e. The van der Waals surface area contributed by atoms with Crippen molar-refractivity contribution in [2.24, 2.45) is 16.6 Å². The molecular formula is C27H50NPTi. The minimum Gasteiger partial charge on any atom is -0.272 e. The molecule has 1 aliphatic carbocycles. The topological polar surface area (TPSA) is 12.4 Å². The Balaban J connectivity index is 0. The largest absolute Gasteiger partial charge is 0.272 e. The first-order chi connectivity index (χ1) is 13.9. The molecule has 1 aliphatic rings. The molecule has 0 aromatic carbocycles. The van der Waals surface area contributed by atoms with Crippen molar-refractivity contribution < 1.29 is 21.7 Å². The zero-order chi connectivity index (χ0) is 22.0. The van der Waals surface area contributed by atoms with Gasteiger partial charge in [0, 0.05) is 33.8 Å². The summed E-state index contributed by atoms with van der Waals surface area (Å²) in [5, 5.41) is 0. The summed E-state index contributed by atoms with van der Waals surface area (Å²) in [7, 11) is -1.08. The summed E-state index contributed by atoms with van der Waals surface area (Å²) < 4.78 is 5.33. The molecule has 3 heteroatoms. The van der Waals surface area contributed by atoms with E-state index in [0.29, 0.717) is 11.8 Å². The van der Waals surface area contributed by atoms with Gasteiger partial charge in [0.2, 0.25) is 0 Å². The Morgan fingerprint density at radius 1 is 0.833 bits per heavy atom. The van der Waals surface area contributed by atoms with Crippen LogP contribution in [0.5, 0.6) is 0 Å². The van der Waals surface area contributed by atoms with E-state index in [1.807, 2.05) is 0 Å². The molecule has 0 radical (unpaired) electrons. The van der Waals surface area contributed by atoms with Gasteiger partial charge in [-0.1, -0.05) is 104 Å². The van der Waals surface area contributed by atoms with Gasteiger partial charge in [-0.05, 0) is 62.7 Å². The Bertz CT molecular complexity index is 523. The third-order valence-corrected chi connectivity index (χ3v) is 9.11. The van der Waals surface area contributed by atoms with Crippen LogP contribution in [0.15, 0.2) is 53.0 Å². The van der Waals surface area contributed by atoms with Crippen LogP contribution in [0.1, 0.15) is 93.4 Å². The van der Waals surface area contributed by atoms with Gasteiger partial charge in [0.1, 0.15) is 0 Å². The second-order valence-electron chi connectivity index (χ2n) is 8.97. The Labute approximate surface area is 204 Å². The summed E-state index contributed by atoms with van der Waals surface area (Å²) in [4.78, 5) is 0. The number of rotatable bonds is 13. The third kappa shape index (κ3) is 17.6. The van der Waals surface area contributed by atoms with Crippen LogP contribution < -0.4 is 0 Å². The molecule has 0 bridgehead atoms. The molecule has 30 heavy (non-hydrogen) atoms. The summed E-state index contributed by atoms with van der Waals surface area (Å²) >= 11 is 0. The van der Waals surface area contributed by atoms with Crippen LogP contribution in [0.25, 0.3) is 0 Å². The van der Waals surface area contributed by atoms with E-state index in [-0.39, 0.29) is 21.7 Å². The molecule has 1 rings (SSSR count). The van der Waals surface area contributed by atoms with E-state index in [9.17, 15) is 0 Å². The molecule has 0 aromatic rings. The maximum absolute atomic E-state index is 5.33. The van der Waals surface area contributed by atoms with Crippen LogP contribution in [0.3, 0.4) is 0 Å². The quantitative estimate of drug-likeness (QED) is 0.145. The van der Waals surface area contributed by atoms with Gasteiger partial charge in [-0.2, -0.15) is 0 Å². The molecule has 0 aliphatic heterocycles. The number of allylic oxidation sites excluding steroid dienone is 7. The minimum absolute atomic E-state index is 0. The van der Waals surface area contributed by atoms with Crippen LogP contribution in [0.2, 0.25) is 0 Å². The molecule has 0 heterocycles. The van der Waals surface area contributed by atoms with Gasteiger partial charge in [-0.3, -0.25) is 4.74 Å². The van der Waals surface area contributed by atoms with Gasteiger partial charge < -0.3 is 0 Å². The standard InChI is InChI=1S/C17H32NP.C10H18.Ti/c1-4-7-14-19(15-8-5-2,16-9-6-3)18-17-12-10-11-13-17;1-9(2)7-5-6-8-10(3)4;/h10-12H,4-9,13-16H2,1-3H3;5-10H,1-4H3;. The van der Waals surface area contributed by atoms with E-state index in [1.54, 1.807) is 0 Å². The molecular weight excluding hydrogens is 417 g/mol. The number of nitrogens with zero attached hydrogens (tertiary/aromatic N) is 1. The first-order valence-electron chi connectivity index (χ1n) is 12.2. The van der Waals surface area contributed by atoms with E-state index in [4.69, 9.17) is 4.74 Å². The minimum atomic E-state index is -1.08. The number of unbranched alkanes of at least 4 members (excludes halogenated alkanes) is 3. The van der Waals surface area contributed by atoms with Crippen LogP contribution in [0, 0.1) is 11.8 Å². The number of hydrogen-bond donors (Lipinski definition) is 0. The van der Waals surface area contributed by atoms with Crippen LogP contribution in [-0.4, -0.2) is 18.5 Å². The average molecular weight is 468 g/mol. The Kier molecular flexibility index (Phi) is 22.2. The van der Waals surface area contributed by atoms with Crippen LogP contribution in [-0.2, 0) is 21.7 Å². The smallest absolute Gasteiger partial charge is 0.0425 e. The zero-order valence-electron chi connectivity index (χ0n) is 21.2. The molecule has 172 valence electrons. The van der Waals surface area contributed by atoms with Crippen molar-refractivity contribution in [3.63, 3.8) is 0 Å². The molecule has 0 fully saturated rings. The third-order valence-electron chi connectivity index (χ3n) is 4.98. The van der Waals surface area contributed by atoms with Crippen molar-refractivity contribution in [3.8, 4) is 0 Å². The average Bonchev–Trinajstić information content (AvgIpc) is 3.19. The summed E-state index contributed by atoms with van der Waals surface area (Å²) in [5.74, 6) is 1.33. The van der Waals surface area contributed by atoms with E-state index in [2.05, 4.69) is 91.0 Å². The fourth-order valence-corrected chi connectivity index (χ4v) is 7.58. The molecule has 0 amide bonds. The van der Waals surface area contributed by atoms with Crippen molar-refractivity contribution in [1.82, 2.24) is 0 Å². The molecule has 0 unspecified atom stereocenters. The molecule has 0 saturated carbocycles.